The molecule has 42 heavy (non-hydrogen) atoms. The van der Waals surface area contributed by atoms with E-state index in [4.69, 9.17) is 14.2 Å². The number of hydrogen-bond donors (Lipinski definition) is 3. The van der Waals surface area contributed by atoms with Crippen LogP contribution in [0.15, 0.2) is 78.4 Å². The molecule has 3 aromatic carbocycles. The minimum atomic E-state index is -0.440. The zero-order valence-corrected chi connectivity index (χ0v) is 23.4. The normalized spacial score (nSPS) is 10.5. The molecule has 0 bridgehead atoms. The zero-order chi connectivity index (χ0) is 30.3. The van der Waals surface area contributed by atoms with Crippen molar-refractivity contribution in [3.8, 4) is 17.2 Å². The summed E-state index contributed by atoms with van der Waals surface area (Å²) in [7, 11) is 1.51. The summed E-state index contributed by atoms with van der Waals surface area (Å²) in [5, 5.41) is 9.36. The van der Waals surface area contributed by atoms with Gasteiger partial charge < -0.3 is 24.8 Å². The summed E-state index contributed by atoms with van der Waals surface area (Å²) in [6.07, 6.45) is 3.40. The number of para-hydroxylation sites is 2. The lowest BCUT2D eigenvalue weighted by Gasteiger charge is -2.16. The number of anilines is 2. The molecular formula is C31H33FN4O6. The Kier molecular flexibility index (Phi) is 12.1. The number of hydrogen-bond acceptors (Lipinski definition) is 7. The lowest BCUT2D eigenvalue weighted by atomic mass is 10.1. The molecule has 0 atom stereocenters. The first kappa shape index (κ1) is 31.3. The topological polar surface area (TPSA) is 127 Å². The van der Waals surface area contributed by atoms with Crippen LogP contribution in [0.2, 0.25) is 0 Å². The minimum absolute atomic E-state index is 0.0435. The van der Waals surface area contributed by atoms with Gasteiger partial charge in [-0.15, -0.1) is 6.58 Å². The Morgan fingerprint density at radius 2 is 1.67 bits per heavy atom. The third-order valence-corrected chi connectivity index (χ3v) is 5.66. The van der Waals surface area contributed by atoms with Crippen molar-refractivity contribution in [3.63, 3.8) is 0 Å². The molecule has 0 saturated heterocycles. The van der Waals surface area contributed by atoms with Crippen LogP contribution in [0.1, 0.15) is 30.9 Å². The van der Waals surface area contributed by atoms with E-state index in [1.165, 1.54) is 37.6 Å². The Labute approximate surface area is 243 Å². The van der Waals surface area contributed by atoms with Gasteiger partial charge in [0, 0.05) is 24.1 Å². The Bertz CT molecular complexity index is 1430. The van der Waals surface area contributed by atoms with Gasteiger partial charge in [-0.2, -0.15) is 5.10 Å². The maximum atomic E-state index is 13.1. The van der Waals surface area contributed by atoms with Crippen LogP contribution < -0.4 is 30.3 Å². The van der Waals surface area contributed by atoms with Crippen molar-refractivity contribution < 1.29 is 33.0 Å². The van der Waals surface area contributed by atoms with Crippen molar-refractivity contribution in [1.82, 2.24) is 5.43 Å². The molecule has 0 aliphatic carbocycles. The quantitative estimate of drug-likeness (QED) is 0.135. The van der Waals surface area contributed by atoms with Crippen molar-refractivity contribution in [3.05, 3.63) is 90.3 Å². The van der Waals surface area contributed by atoms with E-state index < -0.39 is 17.6 Å². The number of benzene rings is 3. The summed E-state index contributed by atoms with van der Waals surface area (Å²) in [5.74, 6) is -0.345. The average Bonchev–Trinajstić information content (AvgIpc) is 2.97. The number of ether oxygens (including phenoxy) is 3. The molecule has 0 aliphatic heterocycles. The van der Waals surface area contributed by atoms with Crippen LogP contribution in [0, 0.1) is 5.82 Å². The molecule has 0 unspecified atom stereocenters. The average molecular weight is 577 g/mol. The third-order valence-electron chi connectivity index (χ3n) is 5.66. The van der Waals surface area contributed by atoms with E-state index in [9.17, 15) is 18.8 Å². The van der Waals surface area contributed by atoms with Crippen LogP contribution in [0.25, 0.3) is 0 Å². The Morgan fingerprint density at radius 1 is 0.929 bits per heavy atom. The van der Waals surface area contributed by atoms with Gasteiger partial charge >= 0.3 is 0 Å². The predicted octanol–water partition coefficient (Wildman–Crippen LogP) is 4.85. The highest BCUT2D eigenvalue weighted by Crippen LogP contribution is 2.33. The smallest absolute Gasteiger partial charge is 0.262 e. The standard InChI is InChI=1S/C31H33FN4O6/c1-4-8-22-17-21(19-33-36-29(38)16-15-28(37)35-25-9-6-7-10-26(25)40-3)18-27(41-5-2)31(22)42-20-30(39)34-24-13-11-23(32)12-14-24/h4,6-7,9-14,17-19H,1,5,8,15-16,20H2,2-3H3,(H,34,39)(H,35,37)(H,36,38). The number of rotatable bonds is 15. The van der Waals surface area contributed by atoms with Gasteiger partial charge in [-0.05, 0) is 67.4 Å². The second-order valence-electron chi connectivity index (χ2n) is 8.82. The molecule has 3 rings (SSSR count). The monoisotopic (exact) mass is 576 g/mol. The van der Waals surface area contributed by atoms with Gasteiger partial charge in [-0.3, -0.25) is 14.4 Å². The molecule has 0 fully saturated rings. The fraction of sp³-hybridized carbons (Fsp3) is 0.226. The summed E-state index contributed by atoms with van der Waals surface area (Å²) in [6, 6.07) is 15.8. The van der Waals surface area contributed by atoms with Crippen molar-refractivity contribution in [1.29, 1.82) is 0 Å². The van der Waals surface area contributed by atoms with Gasteiger partial charge in [-0.25, -0.2) is 9.82 Å². The number of carbonyl (C=O) groups is 3. The third kappa shape index (κ3) is 9.77. The summed E-state index contributed by atoms with van der Waals surface area (Å²) in [6.45, 7) is 5.61. The lowest BCUT2D eigenvalue weighted by Crippen LogP contribution is -2.21. The maximum Gasteiger partial charge on any atom is 0.262 e. The number of amides is 3. The summed E-state index contributed by atoms with van der Waals surface area (Å²) < 4.78 is 29.9. The van der Waals surface area contributed by atoms with E-state index in [1.54, 1.807) is 42.5 Å². The fourth-order valence-electron chi connectivity index (χ4n) is 3.78. The van der Waals surface area contributed by atoms with Crippen LogP contribution in [-0.2, 0) is 20.8 Å². The molecule has 3 aromatic rings. The number of nitrogens with one attached hydrogen (secondary N) is 3. The molecule has 0 aliphatic rings. The van der Waals surface area contributed by atoms with Crippen LogP contribution in [0.4, 0.5) is 15.8 Å². The first-order valence-electron chi connectivity index (χ1n) is 13.2. The molecular weight excluding hydrogens is 543 g/mol. The van der Waals surface area contributed by atoms with Crippen molar-refractivity contribution in [2.45, 2.75) is 26.2 Å². The summed E-state index contributed by atoms with van der Waals surface area (Å²) in [5.41, 5.74) is 4.66. The number of carbonyl (C=O) groups excluding carboxylic acids is 3. The largest absolute Gasteiger partial charge is 0.495 e. The van der Waals surface area contributed by atoms with Gasteiger partial charge in [0.2, 0.25) is 11.8 Å². The second kappa shape index (κ2) is 16.2. The Hall–Kier alpha value is -5.19. The Morgan fingerprint density at radius 3 is 2.38 bits per heavy atom. The Balaban J connectivity index is 1.60. The van der Waals surface area contributed by atoms with E-state index >= 15 is 0 Å². The van der Waals surface area contributed by atoms with Gasteiger partial charge in [-0.1, -0.05) is 18.2 Å². The molecule has 0 radical (unpaired) electrons. The van der Waals surface area contributed by atoms with Gasteiger partial charge in [0.05, 0.1) is 25.6 Å². The van der Waals surface area contributed by atoms with Gasteiger partial charge in [0.15, 0.2) is 18.1 Å². The van der Waals surface area contributed by atoms with E-state index in [0.29, 0.717) is 52.8 Å². The van der Waals surface area contributed by atoms with E-state index in [1.807, 2.05) is 6.92 Å². The zero-order valence-electron chi connectivity index (χ0n) is 23.4. The van der Waals surface area contributed by atoms with Crippen LogP contribution in [-0.4, -0.2) is 44.3 Å². The van der Waals surface area contributed by atoms with Gasteiger partial charge in [0.1, 0.15) is 11.6 Å². The highest BCUT2D eigenvalue weighted by molar-refractivity contribution is 5.94. The highest BCUT2D eigenvalue weighted by Gasteiger charge is 2.15. The van der Waals surface area contributed by atoms with Crippen LogP contribution in [0.5, 0.6) is 17.2 Å². The predicted molar refractivity (Wildman–Crippen MR) is 159 cm³/mol. The lowest BCUT2D eigenvalue weighted by molar-refractivity contribution is -0.124. The number of methoxy groups -OCH3 is 1. The molecule has 0 heterocycles. The summed E-state index contributed by atoms with van der Waals surface area (Å²) in [4.78, 5) is 36.9. The SMILES string of the molecule is C=CCc1cc(C=NNC(=O)CCC(=O)Nc2ccccc2OC)cc(OCC)c1OCC(=O)Nc1ccc(F)cc1. The van der Waals surface area contributed by atoms with Crippen molar-refractivity contribution in [2.24, 2.45) is 5.10 Å². The number of nitrogens with zero attached hydrogens (tertiary/aromatic N) is 1. The molecule has 0 aromatic heterocycles. The van der Waals surface area contributed by atoms with E-state index in [-0.39, 0.29) is 25.4 Å². The van der Waals surface area contributed by atoms with Crippen LogP contribution in [0.3, 0.4) is 0 Å². The first-order valence-corrected chi connectivity index (χ1v) is 13.2. The molecule has 3 N–H and O–H groups in total. The van der Waals surface area contributed by atoms with Crippen molar-refractivity contribution >= 4 is 35.3 Å². The molecule has 0 saturated carbocycles. The molecule has 3 amide bonds. The van der Waals surface area contributed by atoms with Gasteiger partial charge in [0.25, 0.3) is 5.91 Å². The molecule has 0 spiro atoms. The molecule has 220 valence electrons. The molecule has 10 nitrogen and oxygen atoms in total. The van der Waals surface area contributed by atoms with Crippen molar-refractivity contribution in [2.75, 3.05) is 31.0 Å². The minimum Gasteiger partial charge on any atom is -0.495 e. The first-order chi connectivity index (χ1) is 20.3. The van der Waals surface area contributed by atoms with E-state index in [0.717, 1.165) is 0 Å². The highest BCUT2D eigenvalue weighted by atomic mass is 19.1. The maximum absolute atomic E-state index is 13.1. The number of hydrazone groups is 1. The van der Waals surface area contributed by atoms with E-state index in [2.05, 4.69) is 27.7 Å². The van der Waals surface area contributed by atoms with Crippen LogP contribution >= 0.6 is 0 Å². The summed E-state index contributed by atoms with van der Waals surface area (Å²) >= 11 is 0. The number of allylic oxidation sites excluding steroid dienone is 1. The number of halogens is 1. The second-order valence-corrected chi connectivity index (χ2v) is 8.82. The molecule has 11 heteroatoms. The fourth-order valence-corrected chi connectivity index (χ4v) is 3.78.